The number of pyridine rings is 1. The van der Waals surface area contributed by atoms with Crippen LogP contribution in [0.1, 0.15) is 73.4 Å². The third kappa shape index (κ3) is 10.3. The molecule has 0 aliphatic heterocycles. The van der Waals surface area contributed by atoms with E-state index in [1.807, 2.05) is 41.5 Å². The average Bonchev–Trinajstić information content (AvgIpc) is 2.90. The topological polar surface area (TPSA) is 50.2 Å². The number of hydrogen-bond acceptors (Lipinski definition) is 3. The predicted molar refractivity (Wildman–Crippen MR) is 192 cm³/mol. The summed E-state index contributed by atoms with van der Waals surface area (Å²) in [4.78, 5) is 16.6. The van der Waals surface area contributed by atoms with Gasteiger partial charge in [-0.1, -0.05) is 143 Å². The Morgan fingerprint density at radius 2 is 1.40 bits per heavy atom. The van der Waals surface area contributed by atoms with Crippen molar-refractivity contribution >= 4 is 29.9 Å². The minimum Gasteiger partial charge on any atom is -0.512 e. The number of ketones is 1. The summed E-state index contributed by atoms with van der Waals surface area (Å²) in [5.74, 6) is 0.104. The number of aliphatic hydroxyl groups excluding tert-OH is 1. The van der Waals surface area contributed by atoms with Gasteiger partial charge in [0.15, 0.2) is 5.78 Å². The second kappa shape index (κ2) is 14.3. The summed E-state index contributed by atoms with van der Waals surface area (Å²) in [7, 11) is -1.58. The van der Waals surface area contributed by atoms with Crippen molar-refractivity contribution in [1.82, 2.24) is 4.98 Å². The van der Waals surface area contributed by atoms with Crippen molar-refractivity contribution in [2.24, 2.45) is 10.8 Å². The molecule has 0 atom stereocenters. The molecule has 0 bridgehead atoms. The Bertz CT molecular complexity index is 1660. The molecule has 0 aliphatic carbocycles. The number of carbonyl (C=O) groups is 1. The van der Waals surface area contributed by atoms with Crippen LogP contribution in [0, 0.1) is 23.8 Å². The maximum absolute atomic E-state index is 11.5. The first kappa shape index (κ1) is 38.3. The zero-order valence-corrected chi connectivity index (χ0v) is 33.0. The third-order valence-electron chi connectivity index (χ3n) is 7.65. The molecule has 243 valence electrons. The molecule has 0 amide bonds. The molecule has 1 radical (unpaired) electrons. The van der Waals surface area contributed by atoms with E-state index in [-0.39, 0.29) is 42.5 Å². The molecule has 0 aliphatic rings. The van der Waals surface area contributed by atoms with Crippen LogP contribution >= 0.6 is 0 Å². The molecular formula is C40H52IrNO2Si-. The van der Waals surface area contributed by atoms with Gasteiger partial charge in [-0.15, -0.1) is 34.9 Å². The fraction of sp³-hybridized carbons (Fsp3) is 0.400. The van der Waals surface area contributed by atoms with Gasteiger partial charge in [0, 0.05) is 37.0 Å². The first-order valence-electron chi connectivity index (χ1n) is 15.6. The van der Waals surface area contributed by atoms with Crippen molar-refractivity contribution in [3.63, 3.8) is 0 Å². The SMILES string of the molecule is CC(C)(C)C(=O)/C=C(\O)C(C)(C)C.Cc1[c-]c(-c2cc([Si](C)(C)C)c3ccc(-c4ccccc4)cc3n2)cc(C(C)(C)C)c1.[Ir]. The van der Waals surface area contributed by atoms with Crippen molar-refractivity contribution < 1.29 is 30.0 Å². The zero-order valence-electron chi connectivity index (χ0n) is 29.6. The molecule has 4 rings (SSSR count). The summed E-state index contributed by atoms with van der Waals surface area (Å²) in [5, 5.41) is 12.3. The Balaban J connectivity index is 0.000000430. The number of nitrogens with zero attached hydrogens (tertiary/aromatic N) is 1. The average molecular weight is 799 g/mol. The van der Waals surface area contributed by atoms with Crippen molar-refractivity contribution in [3.05, 3.63) is 95.8 Å². The van der Waals surface area contributed by atoms with Crippen LogP contribution in [-0.2, 0) is 30.3 Å². The van der Waals surface area contributed by atoms with Gasteiger partial charge in [0.1, 0.15) is 5.76 Å². The van der Waals surface area contributed by atoms with Gasteiger partial charge in [-0.2, -0.15) is 0 Å². The van der Waals surface area contributed by atoms with Crippen LogP contribution < -0.4 is 5.19 Å². The van der Waals surface area contributed by atoms with Crippen molar-refractivity contribution in [1.29, 1.82) is 0 Å². The van der Waals surface area contributed by atoms with E-state index in [0.29, 0.717) is 0 Å². The first-order valence-corrected chi connectivity index (χ1v) is 19.1. The number of aromatic nitrogens is 1. The number of allylic oxidation sites excluding steroid dienone is 2. The second-order valence-electron chi connectivity index (χ2n) is 16.0. The van der Waals surface area contributed by atoms with Gasteiger partial charge < -0.3 is 5.11 Å². The summed E-state index contributed by atoms with van der Waals surface area (Å²) >= 11 is 0. The van der Waals surface area contributed by atoms with Crippen LogP contribution in [0.5, 0.6) is 0 Å². The number of hydrogen-bond donors (Lipinski definition) is 1. The van der Waals surface area contributed by atoms with Crippen LogP contribution in [-0.4, -0.2) is 23.9 Å². The Morgan fingerprint density at radius 1 is 0.800 bits per heavy atom. The van der Waals surface area contributed by atoms with Gasteiger partial charge in [-0.25, -0.2) is 0 Å². The van der Waals surface area contributed by atoms with Gasteiger partial charge in [0.25, 0.3) is 0 Å². The predicted octanol–water partition coefficient (Wildman–Crippen LogP) is 10.6. The van der Waals surface area contributed by atoms with E-state index in [4.69, 9.17) is 4.98 Å². The molecule has 3 nitrogen and oxygen atoms in total. The molecule has 0 saturated heterocycles. The molecule has 45 heavy (non-hydrogen) atoms. The monoisotopic (exact) mass is 799 g/mol. The Kier molecular flexibility index (Phi) is 12.2. The summed E-state index contributed by atoms with van der Waals surface area (Å²) < 4.78 is 0. The fourth-order valence-electron chi connectivity index (χ4n) is 4.64. The number of carbonyl (C=O) groups excluding carboxylic acids is 1. The summed E-state index contributed by atoms with van der Waals surface area (Å²) in [6.07, 6.45) is 1.33. The van der Waals surface area contributed by atoms with E-state index >= 15 is 0 Å². The molecular weight excluding hydrogens is 747 g/mol. The molecule has 5 heteroatoms. The van der Waals surface area contributed by atoms with Gasteiger partial charge >= 0.3 is 0 Å². The Morgan fingerprint density at radius 3 is 1.91 bits per heavy atom. The largest absolute Gasteiger partial charge is 0.512 e. The van der Waals surface area contributed by atoms with Gasteiger partial charge in [0.2, 0.25) is 0 Å². The maximum Gasteiger partial charge on any atom is 0.164 e. The van der Waals surface area contributed by atoms with Crippen LogP contribution in [0.15, 0.2) is 78.6 Å². The summed E-state index contributed by atoms with van der Waals surface area (Å²) in [6.45, 7) is 27.3. The minimum atomic E-state index is -1.58. The molecule has 0 spiro atoms. The van der Waals surface area contributed by atoms with E-state index in [1.54, 1.807) is 0 Å². The Hall–Kier alpha value is -2.85. The molecule has 1 N–H and O–H groups in total. The van der Waals surface area contributed by atoms with E-state index in [1.165, 1.54) is 33.3 Å². The van der Waals surface area contributed by atoms with Gasteiger partial charge in [0.05, 0.1) is 13.6 Å². The number of fused-ring (bicyclic) bond motifs is 1. The van der Waals surface area contributed by atoms with Crippen LogP contribution in [0.3, 0.4) is 0 Å². The van der Waals surface area contributed by atoms with Gasteiger partial charge in [-0.3, -0.25) is 9.78 Å². The van der Waals surface area contributed by atoms with Crippen molar-refractivity contribution in [2.75, 3.05) is 0 Å². The summed E-state index contributed by atoms with van der Waals surface area (Å²) in [5.41, 5.74) is 7.45. The number of aliphatic hydroxyl groups is 1. The van der Waals surface area contributed by atoms with Gasteiger partial charge in [-0.05, 0) is 33.7 Å². The van der Waals surface area contributed by atoms with Crippen LogP contribution in [0.2, 0.25) is 19.6 Å². The minimum absolute atomic E-state index is 0. The summed E-state index contributed by atoms with van der Waals surface area (Å²) in [6, 6.07) is 27.7. The van der Waals surface area contributed by atoms with E-state index < -0.39 is 13.5 Å². The standard InChI is InChI=1S/C29H32NSi.C11H20O2.Ir/c1-20-15-23(17-24(16-20)29(2,3)4)26-19-28(31(5,6)7)25-14-13-22(18-27(25)30-26)21-11-9-8-10-12-21;1-10(2,3)8(12)7-9(13)11(4,5)6;/h8-14,16-19H,1-7H3;7,12H,1-6H3;/q-1;;/b;8-7-;. The van der Waals surface area contributed by atoms with E-state index in [9.17, 15) is 9.90 Å². The molecule has 0 unspecified atom stereocenters. The molecule has 1 aromatic heterocycles. The maximum atomic E-state index is 11.5. The van der Waals surface area contributed by atoms with Crippen LogP contribution in [0.4, 0.5) is 0 Å². The smallest absolute Gasteiger partial charge is 0.164 e. The molecule has 4 aromatic rings. The number of rotatable bonds is 4. The Labute approximate surface area is 287 Å². The molecule has 1 heterocycles. The number of benzene rings is 3. The van der Waals surface area contributed by atoms with Crippen molar-refractivity contribution in [2.45, 2.75) is 94.3 Å². The number of aryl methyl sites for hydroxylation is 1. The molecule has 0 fully saturated rings. The second-order valence-corrected chi connectivity index (χ2v) is 21.1. The zero-order chi connectivity index (χ0) is 33.3. The normalized spacial score (nSPS) is 12.7. The van der Waals surface area contributed by atoms with E-state index in [2.05, 4.69) is 120 Å². The molecule has 3 aromatic carbocycles. The fourth-order valence-corrected chi connectivity index (χ4v) is 6.23. The first-order chi connectivity index (χ1) is 20.1. The van der Waals surface area contributed by atoms with Crippen LogP contribution in [0.25, 0.3) is 33.3 Å². The van der Waals surface area contributed by atoms with E-state index in [0.717, 1.165) is 22.3 Å². The quantitative estimate of drug-likeness (QED) is 0.0968. The van der Waals surface area contributed by atoms with Crippen molar-refractivity contribution in [3.8, 4) is 22.4 Å². The third-order valence-corrected chi connectivity index (χ3v) is 9.68. The molecule has 0 saturated carbocycles.